The van der Waals surface area contributed by atoms with Crippen LogP contribution >= 0.6 is 0 Å². The molecular formula is C26H23FN6O2. The summed E-state index contributed by atoms with van der Waals surface area (Å²) >= 11 is 0. The van der Waals surface area contributed by atoms with Crippen molar-refractivity contribution in [3.05, 3.63) is 107 Å². The lowest BCUT2D eigenvalue weighted by Crippen LogP contribution is -2.31. The van der Waals surface area contributed by atoms with Crippen LogP contribution in [0, 0.1) is 12.7 Å². The van der Waals surface area contributed by atoms with Crippen LogP contribution in [0.4, 0.5) is 16.0 Å². The van der Waals surface area contributed by atoms with Gasteiger partial charge < -0.3 is 15.4 Å². The van der Waals surface area contributed by atoms with E-state index in [0.29, 0.717) is 34.2 Å². The highest BCUT2D eigenvalue weighted by molar-refractivity contribution is 6.06. The van der Waals surface area contributed by atoms with Crippen LogP contribution in [-0.4, -0.2) is 26.1 Å². The van der Waals surface area contributed by atoms with Crippen LogP contribution in [0.25, 0.3) is 0 Å². The number of allylic oxidation sites excluding steroid dienone is 1. The summed E-state index contributed by atoms with van der Waals surface area (Å²) in [6, 6.07) is 20.8. The number of tetrazole rings is 1. The molecule has 0 bridgehead atoms. The topological polar surface area (TPSA) is 94.0 Å². The number of carbonyl (C=O) groups is 1. The number of benzene rings is 3. The molecule has 0 spiro atoms. The first-order chi connectivity index (χ1) is 17.0. The smallest absolute Gasteiger partial charge is 0.255 e. The largest absolute Gasteiger partial charge is 0.489 e. The Morgan fingerprint density at radius 1 is 1.06 bits per heavy atom. The van der Waals surface area contributed by atoms with Crippen LogP contribution < -0.4 is 15.4 Å². The lowest BCUT2D eigenvalue weighted by molar-refractivity contribution is -0.113. The maximum absolute atomic E-state index is 13.9. The van der Waals surface area contributed by atoms with E-state index in [9.17, 15) is 9.18 Å². The van der Waals surface area contributed by atoms with Crippen molar-refractivity contribution in [1.82, 2.24) is 20.2 Å². The van der Waals surface area contributed by atoms with Gasteiger partial charge in [0.05, 0.1) is 5.57 Å². The molecule has 1 aliphatic heterocycles. The van der Waals surface area contributed by atoms with Gasteiger partial charge in [-0.2, -0.15) is 4.68 Å². The molecule has 4 aromatic rings. The Morgan fingerprint density at radius 3 is 2.54 bits per heavy atom. The highest BCUT2D eigenvalue weighted by Crippen LogP contribution is 2.35. The number of amides is 1. The maximum atomic E-state index is 13.9. The van der Waals surface area contributed by atoms with E-state index in [1.54, 1.807) is 35.0 Å². The predicted octanol–water partition coefficient (Wildman–Crippen LogP) is 4.63. The van der Waals surface area contributed by atoms with Crippen LogP contribution in [0.5, 0.6) is 5.75 Å². The quantitative estimate of drug-likeness (QED) is 0.427. The Bertz CT molecular complexity index is 1400. The Labute approximate surface area is 201 Å². The predicted molar refractivity (Wildman–Crippen MR) is 129 cm³/mol. The van der Waals surface area contributed by atoms with Crippen LogP contribution in [0.2, 0.25) is 0 Å². The van der Waals surface area contributed by atoms with Crippen molar-refractivity contribution >= 4 is 17.5 Å². The number of anilines is 2. The second-order valence-corrected chi connectivity index (χ2v) is 8.28. The number of halogens is 1. The van der Waals surface area contributed by atoms with Crippen LogP contribution in [0.1, 0.15) is 29.7 Å². The van der Waals surface area contributed by atoms with Gasteiger partial charge in [-0.3, -0.25) is 4.79 Å². The molecule has 0 fully saturated rings. The standard InChI is InChI=1S/C26H23FN6O2/c1-16-7-11-20(12-8-16)29-25(34)23-17(2)28-26-30-31-32-33(26)24(23)18-9-13-21(14-10-18)35-15-19-5-3-4-6-22(19)27/h3-14,24H,15H2,1-2H3,(H,29,34)(H,28,30,32). The Kier molecular flexibility index (Phi) is 5.97. The van der Waals surface area contributed by atoms with E-state index in [-0.39, 0.29) is 18.3 Å². The summed E-state index contributed by atoms with van der Waals surface area (Å²) in [7, 11) is 0. The molecule has 2 N–H and O–H groups in total. The van der Waals surface area contributed by atoms with Crippen molar-refractivity contribution in [2.75, 3.05) is 10.6 Å². The Balaban J connectivity index is 1.41. The van der Waals surface area contributed by atoms with Gasteiger partial charge in [0.2, 0.25) is 5.95 Å². The van der Waals surface area contributed by atoms with Crippen molar-refractivity contribution in [3.8, 4) is 5.75 Å². The highest BCUT2D eigenvalue weighted by Gasteiger charge is 2.34. The molecular weight excluding hydrogens is 447 g/mol. The lowest BCUT2D eigenvalue weighted by Gasteiger charge is -2.28. The molecule has 176 valence electrons. The van der Waals surface area contributed by atoms with Gasteiger partial charge in [0.1, 0.15) is 24.2 Å². The number of carbonyl (C=O) groups excluding carboxylic acids is 1. The maximum Gasteiger partial charge on any atom is 0.255 e. The summed E-state index contributed by atoms with van der Waals surface area (Å²) in [4.78, 5) is 13.4. The molecule has 8 nitrogen and oxygen atoms in total. The molecule has 1 atom stereocenters. The molecule has 1 aromatic heterocycles. The number of nitrogens with zero attached hydrogens (tertiary/aromatic N) is 4. The minimum Gasteiger partial charge on any atom is -0.489 e. The number of aryl methyl sites for hydroxylation is 1. The second-order valence-electron chi connectivity index (χ2n) is 8.28. The molecule has 0 saturated carbocycles. The van der Waals surface area contributed by atoms with E-state index in [1.807, 2.05) is 50.2 Å². The number of aromatic nitrogens is 4. The number of hydrogen-bond donors (Lipinski definition) is 2. The number of fused-ring (bicyclic) bond motifs is 1. The van der Waals surface area contributed by atoms with Gasteiger partial charge in [0.15, 0.2) is 0 Å². The van der Waals surface area contributed by atoms with Gasteiger partial charge in [0.25, 0.3) is 5.91 Å². The van der Waals surface area contributed by atoms with Crippen LogP contribution in [-0.2, 0) is 11.4 Å². The molecule has 2 heterocycles. The van der Waals surface area contributed by atoms with Gasteiger partial charge >= 0.3 is 0 Å². The minimum absolute atomic E-state index is 0.111. The summed E-state index contributed by atoms with van der Waals surface area (Å²) in [5.74, 6) is 0.452. The first-order valence-electron chi connectivity index (χ1n) is 11.1. The van der Waals surface area contributed by atoms with Crippen LogP contribution in [0.15, 0.2) is 84.1 Å². The summed E-state index contributed by atoms with van der Waals surface area (Å²) in [5, 5.41) is 18.0. The van der Waals surface area contributed by atoms with Crippen molar-refractivity contribution in [2.45, 2.75) is 26.5 Å². The highest BCUT2D eigenvalue weighted by atomic mass is 19.1. The molecule has 1 amide bonds. The third-order valence-electron chi connectivity index (χ3n) is 5.82. The van der Waals surface area contributed by atoms with E-state index in [0.717, 1.165) is 11.1 Å². The van der Waals surface area contributed by atoms with Gasteiger partial charge in [-0.25, -0.2) is 4.39 Å². The first-order valence-corrected chi connectivity index (χ1v) is 11.1. The molecule has 0 aliphatic carbocycles. The molecule has 9 heteroatoms. The normalized spacial score (nSPS) is 14.8. The summed E-state index contributed by atoms with van der Waals surface area (Å²) in [6.07, 6.45) is 0. The SMILES string of the molecule is CC1=C(C(=O)Nc2ccc(C)cc2)C(c2ccc(OCc3ccccc3F)cc2)n2nnnc2N1. The van der Waals surface area contributed by atoms with Crippen LogP contribution in [0.3, 0.4) is 0 Å². The Hall–Kier alpha value is -4.53. The summed E-state index contributed by atoms with van der Waals surface area (Å²) < 4.78 is 21.2. The van der Waals surface area contributed by atoms with E-state index >= 15 is 0 Å². The van der Waals surface area contributed by atoms with Crippen molar-refractivity contribution < 1.29 is 13.9 Å². The van der Waals surface area contributed by atoms with Gasteiger partial charge in [0, 0.05) is 16.9 Å². The fourth-order valence-corrected chi connectivity index (χ4v) is 3.97. The third kappa shape index (κ3) is 4.61. The number of hydrogen-bond acceptors (Lipinski definition) is 6. The number of rotatable bonds is 6. The fraction of sp³-hybridized carbons (Fsp3) is 0.154. The van der Waals surface area contributed by atoms with Crippen molar-refractivity contribution in [2.24, 2.45) is 0 Å². The van der Waals surface area contributed by atoms with Crippen molar-refractivity contribution in [3.63, 3.8) is 0 Å². The number of ether oxygens (including phenoxy) is 1. The van der Waals surface area contributed by atoms with Gasteiger partial charge in [-0.1, -0.05) is 53.1 Å². The monoisotopic (exact) mass is 470 g/mol. The summed E-state index contributed by atoms with van der Waals surface area (Å²) in [6.45, 7) is 3.92. The van der Waals surface area contributed by atoms with E-state index < -0.39 is 6.04 Å². The first kappa shape index (κ1) is 22.3. The van der Waals surface area contributed by atoms with E-state index in [2.05, 4.69) is 26.2 Å². The molecule has 1 unspecified atom stereocenters. The third-order valence-corrected chi connectivity index (χ3v) is 5.82. The zero-order valence-corrected chi connectivity index (χ0v) is 19.2. The van der Waals surface area contributed by atoms with Crippen molar-refractivity contribution in [1.29, 1.82) is 0 Å². The molecule has 3 aromatic carbocycles. The Morgan fingerprint density at radius 2 is 1.80 bits per heavy atom. The zero-order valence-electron chi connectivity index (χ0n) is 19.2. The molecule has 0 saturated heterocycles. The van der Waals surface area contributed by atoms with E-state index in [1.165, 1.54) is 6.07 Å². The van der Waals surface area contributed by atoms with Gasteiger partial charge in [-0.15, -0.1) is 0 Å². The molecule has 35 heavy (non-hydrogen) atoms. The number of nitrogens with one attached hydrogen (secondary N) is 2. The average Bonchev–Trinajstić information content (AvgIpc) is 3.32. The molecule has 1 aliphatic rings. The molecule has 5 rings (SSSR count). The second kappa shape index (κ2) is 9.38. The lowest BCUT2D eigenvalue weighted by atomic mass is 9.95. The van der Waals surface area contributed by atoms with E-state index in [4.69, 9.17) is 4.74 Å². The summed E-state index contributed by atoms with van der Waals surface area (Å²) in [5.41, 5.74) is 4.21. The average molecular weight is 471 g/mol. The molecule has 0 radical (unpaired) electrons. The fourth-order valence-electron chi connectivity index (χ4n) is 3.97. The minimum atomic E-state index is -0.549. The van der Waals surface area contributed by atoms with Gasteiger partial charge in [-0.05, 0) is 60.2 Å². The zero-order chi connectivity index (χ0) is 24.4.